The van der Waals surface area contributed by atoms with Crippen LogP contribution in [0, 0.1) is 10.1 Å². The molecular formula is C15H16ClF3N6O3. The molecule has 0 unspecified atom stereocenters. The molecule has 1 amide bonds. The predicted molar refractivity (Wildman–Crippen MR) is 90.8 cm³/mol. The van der Waals surface area contributed by atoms with Crippen molar-refractivity contribution in [3.05, 3.63) is 38.9 Å². The Labute approximate surface area is 161 Å². The van der Waals surface area contributed by atoms with E-state index in [4.69, 9.17) is 11.6 Å². The van der Waals surface area contributed by atoms with Crippen LogP contribution in [0.1, 0.15) is 43.1 Å². The van der Waals surface area contributed by atoms with Crippen molar-refractivity contribution in [3.8, 4) is 0 Å². The highest BCUT2D eigenvalue weighted by Crippen LogP contribution is 2.47. The fraction of sp³-hybridized carbons (Fsp3) is 0.533. The molecule has 1 aliphatic carbocycles. The molecule has 0 radical (unpaired) electrons. The van der Waals surface area contributed by atoms with Crippen LogP contribution in [0.15, 0.2) is 12.4 Å². The van der Waals surface area contributed by atoms with Crippen LogP contribution < -0.4 is 5.32 Å². The van der Waals surface area contributed by atoms with Gasteiger partial charge >= 0.3 is 11.9 Å². The molecule has 0 saturated heterocycles. The first-order valence-corrected chi connectivity index (χ1v) is 8.77. The molecule has 0 aromatic carbocycles. The van der Waals surface area contributed by atoms with Gasteiger partial charge in [0.15, 0.2) is 5.69 Å². The molecule has 1 aliphatic rings. The molecule has 1 N–H and O–H groups in total. The van der Waals surface area contributed by atoms with Crippen LogP contribution in [0.5, 0.6) is 0 Å². The van der Waals surface area contributed by atoms with Crippen LogP contribution in [0.25, 0.3) is 0 Å². The molecule has 1 fully saturated rings. The van der Waals surface area contributed by atoms with Gasteiger partial charge in [0.05, 0.1) is 22.2 Å². The lowest BCUT2D eigenvalue weighted by Crippen LogP contribution is -2.34. The standard InChI is InChI=1S/C15H16ClF3N6O3/c1-8(14(26)20-4-5-23-7-10(6-21-23)25(27)28)24-12(9-2-3-9)11(16)13(22-24)15(17,18)19/h6-9H,2-5H2,1H3,(H,20,26)/t8-/m1/s1. The Kier molecular flexibility index (Phi) is 5.33. The molecule has 1 atom stereocenters. The third-order valence-corrected chi connectivity index (χ3v) is 4.71. The average Bonchev–Trinajstić information content (AvgIpc) is 3.20. The number of alkyl halides is 3. The monoisotopic (exact) mass is 420 g/mol. The van der Waals surface area contributed by atoms with Crippen molar-refractivity contribution in [2.75, 3.05) is 6.54 Å². The molecule has 0 bridgehead atoms. The zero-order chi connectivity index (χ0) is 20.6. The summed E-state index contributed by atoms with van der Waals surface area (Å²) < 4.78 is 41.7. The largest absolute Gasteiger partial charge is 0.436 e. The minimum atomic E-state index is -4.71. The van der Waals surface area contributed by atoms with Gasteiger partial charge in [0, 0.05) is 12.5 Å². The number of hydrogen-bond donors (Lipinski definition) is 1. The second-order valence-electron chi connectivity index (χ2n) is 6.45. The van der Waals surface area contributed by atoms with Gasteiger partial charge in [-0.3, -0.25) is 24.3 Å². The quantitative estimate of drug-likeness (QED) is 0.547. The van der Waals surface area contributed by atoms with E-state index in [2.05, 4.69) is 15.5 Å². The summed E-state index contributed by atoms with van der Waals surface area (Å²) in [6.45, 7) is 1.68. The lowest BCUT2D eigenvalue weighted by molar-refractivity contribution is -0.385. The van der Waals surface area contributed by atoms with Crippen LogP contribution in [-0.2, 0) is 17.5 Å². The minimum Gasteiger partial charge on any atom is -0.352 e. The van der Waals surface area contributed by atoms with Crippen molar-refractivity contribution in [3.63, 3.8) is 0 Å². The highest BCUT2D eigenvalue weighted by molar-refractivity contribution is 6.32. The molecule has 28 heavy (non-hydrogen) atoms. The number of amides is 1. The molecule has 3 rings (SSSR count). The van der Waals surface area contributed by atoms with Crippen molar-refractivity contribution in [1.82, 2.24) is 24.9 Å². The summed E-state index contributed by atoms with van der Waals surface area (Å²) >= 11 is 5.91. The van der Waals surface area contributed by atoms with E-state index in [-0.39, 0.29) is 30.4 Å². The van der Waals surface area contributed by atoms with Gasteiger partial charge in [-0.2, -0.15) is 23.4 Å². The van der Waals surface area contributed by atoms with E-state index in [9.17, 15) is 28.1 Å². The topological polar surface area (TPSA) is 108 Å². The second kappa shape index (κ2) is 7.41. The fourth-order valence-electron chi connectivity index (χ4n) is 2.75. The summed E-state index contributed by atoms with van der Waals surface area (Å²) in [6.07, 6.45) is -1.04. The summed E-state index contributed by atoms with van der Waals surface area (Å²) in [4.78, 5) is 22.4. The Balaban J connectivity index is 1.68. The zero-order valence-electron chi connectivity index (χ0n) is 14.6. The van der Waals surface area contributed by atoms with Crippen LogP contribution >= 0.6 is 11.6 Å². The van der Waals surface area contributed by atoms with E-state index < -0.39 is 33.8 Å². The van der Waals surface area contributed by atoms with Gasteiger partial charge in [-0.15, -0.1) is 0 Å². The Hall–Kier alpha value is -2.63. The molecule has 0 aliphatic heterocycles. The SMILES string of the molecule is C[C@H](C(=O)NCCn1cc([N+](=O)[O-])cn1)n1nc(C(F)(F)F)c(Cl)c1C1CC1. The van der Waals surface area contributed by atoms with Gasteiger partial charge in [-0.05, 0) is 19.8 Å². The predicted octanol–water partition coefficient (Wildman–Crippen LogP) is 2.91. The van der Waals surface area contributed by atoms with Gasteiger partial charge in [0.25, 0.3) is 0 Å². The number of halogens is 4. The molecule has 152 valence electrons. The molecular weight excluding hydrogens is 405 g/mol. The average molecular weight is 421 g/mol. The van der Waals surface area contributed by atoms with Crippen molar-refractivity contribution in [2.45, 2.75) is 44.4 Å². The van der Waals surface area contributed by atoms with Crippen molar-refractivity contribution < 1.29 is 22.9 Å². The summed E-state index contributed by atoms with van der Waals surface area (Å²) in [5.41, 5.74) is -1.15. The Morgan fingerprint density at radius 3 is 2.71 bits per heavy atom. The molecule has 2 aromatic rings. The van der Waals surface area contributed by atoms with Crippen LogP contribution in [-0.4, -0.2) is 36.9 Å². The second-order valence-corrected chi connectivity index (χ2v) is 6.83. The molecule has 13 heteroatoms. The lowest BCUT2D eigenvalue weighted by Gasteiger charge is -2.15. The molecule has 1 saturated carbocycles. The van der Waals surface area contributed by atoms with E-state index in [0.29, 0.717) is 12.8 Å². The molecule has 9 nitrogen and oxygen atoms in total. The smallest absolute Gasteiger partial charge is 0.352 e. The Bertz CT molecular complexity index is 905. The first-order chi connectivity index (χ1) is 13.1. The third-order valence-electron chi connectivity index (χ3n) is 4.34. The maximum atomic E-state index is 13.1. The highest BCUT2D eigenvalue weighted by Gasteiger charge is 2.43. The van der Waals surface area contributed by atoms with E-state index in [1.165, 1.54) is 17.8 Å². The van der Waals surface area contributed by atoms with Crippen molar-refractivity contribution in [1.29, 1.82) is 0 Å². The van der Waals surface area contributed by atoms with Crippen molar-refractivity contribution in [2.24, 2.45) is 0 Å². The molecule has 0 spiro atoms. The summed E-state index contributed by atoms with van der Waals surface area (Å²) in [5, 5.41) is 20.1. The number of hydrogen-bond acceptors (Lipinski definition) is 5. The Morgan fingerprint density at radius 1 is 1.50 bits per heavy atom. The fourth-order valence-corrected chi connectivity index (χ4v) is 3.13. The van der Waals surface area contributed by atoms with Gasteiger partial charge in [0.2, 0.25) is 5.91 Å². The first-order valence-electron chi connectivity index (χ1n) is 8.39. The van der Waals surface area contributed by atoms with Crippen molar-refractivity contribution >= 4 is 23.2 Å². The maximum Gasteiger partial charge on any atom is 0.436 e. The summed E-state index contributed by atoms with van der Waals surface area (Å²) in [5.74, 6) is -0.688. The highest BCUT2D eigenvalue weighted by atomic mass is 35.5. The van der Waals surface area contributed by atoms with E-state index in [1.807, 2.05) is 0 Å². The van der Waals surface area contributed by atoms with E-state index in [1.54, 1.807) is 0 Å². The normalized spacial score (nSPS) is 15.5. The Morgan fingerprint density at radius 2 is 2.18 bits per heavy atom. The van der Waals surface area contributed by atoms with Crippen LogP contribution in [0.2, 0.25) is 5.02 Å². The van der Waals surface area contributed by atoms with E-state index >= 15 is 0 Å². The van der Waals surface area contributed by atoms with Gasteiger partial charge in [0.1, 0.15) is 18.4 Å². The molecule has 2 aromatic heterocycles. The number of aromatic nitrogens is 4. The van der Waals surface area contributed by atoms with Gasteiger partial charge in [-0.1, -0.05) is 11.6 Å². The number of rotatable bonds is 7. The maximum absolute atomic E-state index is 13.1. The minimum absolute atomic E-state index is 0.0852. The lowest BCUT2D eigenvalue weighted by atomic mass is 10.2. The number of nitrogens with one attached hydrogen (secondary N) is 1. The van der Waals surface area contributed by atoms with Crippen LogP contribution in [0.3, 0.4) is 0 Å². The van der Waals surface area contributed by atoms with Gasteiger partial charge < -0.3 is 5.32 Å². The number of carbonyl (C=O) groups excluding carboxylic acids is 1. The number of nitro groups is 1. The summed E-state index contributed by atoms with van der Waals surface area (Å²) in [7, 11) is 0. The van der Waals surface area contributed by atoms with E-state index in [0.717, 1.165) is 10.9 Å². The zero-order valence-corrected chi connectivity index (χ0v) is 15.4. The summed E-state index contributed by atoms with van der Waals surface area (Å²) in [6, 6.07) is -1.00. The van der Waals surface area contributed by atoms with Gasteiger partial charge in [-0.25, -0.2) is 0 Å². The molecule has 2 heterocycles. The third kappa shape index (κ3) is 4.11. The van der Waals surface area contributed by atoms with Crippen LogP contribution in [0.4, 0.5) is 18.9 Å². The first kappa shape index (κ1) is 20.1. The number of nitrogens with zero attached hydrogens (tertiary/aromatic N) is 5. The number of carbonyl (C=O) groups is 1.